The van der Waals surface area contributed by atoms with Gasteiger partial charge in [-0.15, -0.1) is 0 Å². The van der Waals surface area contributed by atoms with Gasteiger partial charge in [-0.25, -0.2) is 4.68 Å². The number of rotatable bonds is 6. The van der Waals surface area contributed by atoms with Gasteiger partial charge in [0.05, 0.1) is 25.1 Å². The van der Waals surface area contributed by atoms with Gasteiger partial charge in [0.15, 0.2) is 11.5 Å². The molecule has 1 aliphatic rings. The van der Waals surface area contributed by atoms with Crippen LogP contribution in [0.3, 0.4) is 0 Å². The fraction of sp³-hybridized carbons (Fsp3) is 0.200. The molecule has 1 aliphatic heterocycles. The van der Waals surface area contributed by atoms with Crippen LogP contribution in [0.4, 0.5) is 0 Å². The molecular formula is C30H27N3O5. The quantitative estimate of drug-likeness (QED) is 0.314. The molecule has 0 bridgehead atoms. The average molecular weight is 510 g/mol. The van der Waals surface area contributed by atoms with Gasteiger partial charge in [-0.05, 0) is 55.3 Å². The number of aromatic amines is 1. The Morgan fingerprint density at radius 1 is 1.08 bits per heavy atom. The van der Waals surface area contributed by atoms with Crippen LogP contribution in [0.15, 0.2) is 66.7 Å². The summed E-state index contributed by atoms with van der Waals surface area (Å²) in [6.45, 7) is 3.84. The highest BCUT2D eigenvalue weighted by Gasteiger charge is 2.30. The number of phenolic OH excluding ortho intramolecular Hbond substituents is 1. The Bertz CT molecular complexity index is 1670. The molecule has 8 nitrogen and oxygen atoms in total. The molecule has 3 heterocycles. The van der Waals surface area contributed by atoms with Crippen molar-refractivity contribution in [2.24, 2.45) is 0 Å². The number of H-pyrrole nitrogens is 1. The number of carbonyl (C=O) groups excluding carboxylic acids is 1. The lowest BCUT2D eigenvalue weighted by molar-refractivity contribution is 0.0895. The number of hydrogen-bond acceptors (Lipinski definition) is 6. The summed E-state index contributed by atoms with van der Waals surface area (Å²) in [4.78, 5) is 17.1. The van der Waals surface area contributed by atoms with Crippen LogP contribution in [-0.2, 0) is 6.42 Å². The summed E-state index contributed by atoms with van der Waals surface area (Å²) in [5.74, 6) is 1.28. The zero-order valence-electron chi connectivity index (χ0n) is 21.3. The molecule has 1 atom stereocenters. The van der Waals surface area contributed by atoms with Crippen LogP contribution in [0.25, 0.3) is 10.9 Å². The summed E-state index contributed by atoms with van der Waals surface area (Å²) >= 11 is 0. The zero-order valence-corrected chi connectivity index (χ0v) is 21.3. The largest absolute Gasteiger partial charge is 0.507 e. The number of nitrogens with one attached hydrogen (secondary N) is 1. The van der Waals surface area contributed by atoms with Crippen molar-refractivity contribution >= 4 is 16.8 Å². The molecule has 0 saturated carbocycles. The second-order valence-corrected chi connectivity index (χ2v) is 9.44. The number of aryl methyl sites for hydroxylation is 2. The molecule has 6 rings (SSSR count). The molecule has 2 aromatic heterocycles. The van der Waals surface area contributed by atoms with Crippen molar-refractivity contribution in [3.63, 3.8) is 0 Å². The Hall–Kier alpha value is -4.72. The highest BCUT2D eigenvalue weighted by atomic mass is 16.7. The van der Waals surface area contributed by atoms with Gasteiger partial charge in [-0.2, -0.15) is 5.10 Å². The van der Waals surface area contributed by atoms with E-state index in [9.17, 15) is 9.90 Å². The number of nitrogens with zero attached hydrogens (tertiary/aromatic N) is 2. The molecule has 0 saturated heterocycles. The number of aromatic hydroxyl groups is 1. The standard InChI is InChI=1S/C30H27N3O5/c1-17-12-18(2)33(32-17)28(35)14-22-21-6-4-5-7-24(21)31-30(22)29(19-8-10-20(36-3)11-9-19)23-13-26-27(15-25(23)34)38-16-37-26/h4-13,15,29,31,34H,14,16H2,1-3H3/t29-/m0/s1. The number of phenols is 1. The maximum Gasteiger partial charge on any atom is 0.251 e. The number of benzene rings is 3. The fourth-order valence-corrected chi connectivity index (χ4v) is 5.24. The maximum absolute atomic E-state index is 13.5. The van der Waals surface area contributed by atoms with Crippen LogP contribution < -0.4 is 14.2 Å². The maximum atomic E-state index is 13.5. The van der Waals surface area contributed by atoms with E-state index in [0.717, 1.165) is 44.9 Å². The third-order valence-electron chi connectivity index (χ3n) is 6.99. The number of aromatic nitrogens is 3. The average Bonchev–Trinajstić information content (AvgIpc) is 3.61. The Morgan fingerprint density at radius 2 is 1.82 bits per heavy atom. The Morgan fingerprint density at radius 3 is 2.53 bits per heavy atom. The first-order valence-electron chi connectivity index (χ1n) is 12.4. The molecule has 0 amide bonds. The predicted octanol–water partition coefficient (Wildman–Crippen LogP) is 5.49. The fourth-order valence-electron chi connectivity index (χ4n) is 5.24. The lowest BCUT2D eigenvalue weighted by Gasteiger charge is -2.21. The van der Waals surface area contributed by atoms with Crippen molar-refractivity contribution < 1.29 is 24.1 Å². The van der Waals surface area contributed by atoms with Crippen molar-refractivity contribution in [3.05, 3.63) is 101 Å². The number of carbonyl (C=O) groups is 1. The van der Waals surface area contributed by atoms with Gasteiger partial charge in [0, 0.05) is 33.9 Å². The van der Waals surface area contributed by atoms with Crippen LogP contribution in [0.1, 0.15) is 44.5 Å². The number of ether oxygens (including phenoxy) is 3. The topological polar surface area (TPSA) is 98.6 Å². The third kappa shape index (κ3) is 4.04. The van der Waals surface area contributed by atoms with Gasteiger partial charge in [-0.3, -0.25) is 4.79 Å². The molecule has 0 fully saturated rings. The zero-order chi connectivity index (χ0) is 26.4. The lowest BCUT2D eigenvalue weighted by Crippen LogP contribution is -2.18. The van der Waals surface area contributed by atoms with E-state index in [1.165, 1.54) is 4.68 Å². The molecule has 0 radical (unpaired) electrons. The minimum absolute atomic E-state index is 0.0737. The molecule has 8 heteroatoms. The Kier molecular flexibility index (Phi) is 5.79. The predicted molar refractivity (Wildman–Crippen MR) is 142 cm³/mol. The van der Waals surface area contributed by atoms with Crippen LogP contribution >= 0.6 is 0 Å². The van der Waals surface area contributed by atoms with Gasteiger partial charge in [-0.1, -0.05) is 30.3 Å². The first-order valence-corrected chi connectivity index (χ1v) is 12.4. The molecular weight excluding hydrogens is 482 g/mol. The van der Waals surface area contributed by atoms with Crippen molar-refractivity contribution in [1.82, 2.24) is 14.8 Å². The summed E-state index contributed by atoms with van der Waals surface area (Å²) in [5, 5.41) is 16.5. The molecule has 0 spiro atoms. The van der Waals surface area contributed by atoms with E-state index in [1.807, 2.05) is 74.5 Å². The van der Waals surface area contributed by atoms with Crippen LogP contribution in [-0.4, -0.2) is 39.7 Å². The van der Waals surface area contributed by atoms with Crippen molar-refractivity contribution in [1.29, 1.82) is 0 Å². The first kappa shape index (κ1) is 23.7. The van der Waals surface area contributed by atoms with Gasteiger partial charge in [0.1, 0.15) is 11.5 Å². The number of hydrogen-bond donors (Lipinski definition) is 2. The van der Waals surface area contributed by atoms with Gasteiger partial charge in [0.2, 0.25) is 6.79 Å². The highest BCUT2D eigenvalue weighted by Crippen LogP contribution is 2.46. The first-order chi connectivity index (χ1) is 18.4. The minimum atomic E-state index is -0.439. The Balaban J connectivity index is 1.56. The van der Waals surface area contributed by atoms with Crippen molar-refractivity contribution in [3.8, 4) is 23.0 Å². The van der Waals surface area contributed by atoms with Crippen molar-refractivity contribution in [2.75, 3.05) is 13.9 Å². The van der Waals surface area contributed by atoms with E-state index >= 15 is 0 Å². The minimum Gasteiger partial charge on any atom is -0.507 e. The molecule has 192 valence electrons. The molecule has 0 unspecified atom stereocenters. The van der Waals surface area contributed by atoms with Gasteiger partial charge < -0.3 is 24.3 Å². The lowest BCUT2D eigenvalue weighted by atomic mass is 9.85. The molecule has 2 N–H and O–H groups in total. The summed E-state index contributed by atoms with van der Waals surface area (Å²) in [6.07, 6.45) is 0.124. The summed E-state index contributed by atoms with van der Waals surface area (Å²) in [5.41, 5.74) is 5.66. The van der Waals surface area contributed by atoms with Crippen molar-refractivity contribution in [2.45, 2.75) is 26.2 Å². The number of para-hydroxylation sites is 1. The van der Waals surface area contributed by atoms with Crippen LogP contribution in [0.5, 0.6) is 23.0 Å². The van der Waals surface area contributed by atoms with E-state index < -0.39 is 5.92 Å². The second-order valence-electron chi connectivity index (χ2n) is 9.44. The van der Waals surface area contributed by atoms with E-state index in [0.29, 0.717) is 17.1 Å². The van der Waals surface area contributed by atoms with E-state index in [4.69, 9.17) is 14.2 Å². The number of fused-ring (bicyclic) bond motifs is 2. The smallest absolute Gasteiger partial charge is 0.251 e. The molecule has 38 heavy (non-hydrogen) atoms. The Labute approximate surface area is 219 Å². The molecule has 5 aromatic rings. The van der Waals surface area contributed by atoms with E-state index in [2.05, 4.69) is 10.1 Å². The monoisotopic (exact) mass is 509 g/mol. The molecule has 0 aliphatic carbocycles. The SMILES string of the molecule is COc1ccc([C@@H](c2cc3c(cc2O)OCO3)c2[nH]c3ccccc3c2CC(=O)n2nc(C)cc2C)cc1. The highest BCUT2D eigenvalue weighted by molar-refractivity contribution is 5.91. The summed E-state index contributed by atoms with van der Waals surface area (Å²) in [7, 11) is 1.62. The second kappa shape index (κ2) is 9.30. The third-order valence-corrected chi connectivity index (χ3v) is 6.99. The van der Waals surface area contributed by atoms with Crippen LogP contribution in [0, 0.1) is 13.8 Å². The van der Waals surface area contributed by atoms with E-state index in [1.54, 1.807) is 13.2 Å². The van der Waals surface area contributed by atoms with E-state index in [-0.39, 0.29) is 24.9 Å². The molecule has 3 aromatic carbocycles. The van der Waals surface area contributed by atoms with Gasteiger partial charge >= 0.3 is 0 Å². The summed E-state index contributed by atoms with van der Waals surface area (Å²) in [6, 6.07) is 20.9. The summed E-state index contributed by atoms with van der Waals surface area (Å²) < 4.78 is 18.0. The normalized spacial score (nSPS) is 13.1. The van der Waals surface area contributed by atoms with Crippen LogP contribution in [0.2, 0.25) is 0 Å². The number of methoxy groups -OCH3 is 1. The van der Waals surface area contributed by atoms with Gasteiger partial charge in [0.25, 0.3) is 5.91 Å².